The lowest BCUT2D eigenvalue weighted by atomic mass is 10.2. The predicted molar refractivity (Wildman–Crippen MR) is 73.5 cm³/mol. The van der Waals surface area contributed by atoms with Crippen LogP contribution in [-0.4, -0.2) is 41.1 Å². The number of ether oxygens (including phenoxy) is 1. The minimum atomic E-state index is -0.239. The number of carbonyl (C=O) groups is 1. The number of aromatic nitrogens is 3. The summed E-state index contributed by atoms with van der Waals surface area (Å²) in [5.41, 5.74) is 0.887. The van der Waals surface area contributed by atoms with Crippen molar-refractivity contribution in [2.24, 2.45) is 0 Å². The van der Waals surface area contributed by atoms with Crippen LogP contribution in [0.15, 0.2) is 36.8 Å². The van der Waals surface area contributed by atoms with Gasteiger partial charge >= 0.3 is 6.03 Å². The van der Waals surface area contributed by atoms with E-state index in [1.807, 2.05) is 24.4 Å². The average molecular weight is 275 g/mol. The van der Waals surface area contributed by atoms with Crippen molar-refractivity contribution in [1.29, 1.82) is 0 Å². The van der Waals surface area contributed by atoms with E-state index in [1.165, 1.54) is 0 Å². The summed E-state index contributed by atoms with van der Waals surface area (Å²) >= 11 is 0. The second kappa shape index (κ2) is 7.25. The van der Waals surface area contributed by atoms with Gasteiger partial charge in [-0.2, -0.15) is 5.10 Å². The summed E-state index contributed by atoms with van der Waals surface area (Å²) < 4.78 is 6.53. The number of pyridine rings is 1. The summed E-state index contributed by atoms with van der Waals surface area (Å²) in [5.74, 6) is 0.703. The summed E-state index contributed by atoms with van der Waals surface area (Å²) in [6, 6.07) is 5.31. The van der Waals surface area contributed by atoms with Gasteiger partial charge in [0.15, 0.2) is 5.82 Å². The van der Waals surface area contributed by atoms with Crippen LogP contribution in [0.1, 0.15) is 5.56 Å². The van der Waals surface area contributed by atoms with Crippen LogP contribution in [0.5, 0.6) is 0 Å². The standard InChI is InChI=1S/C13H17N5O2/c1-20-9-7-15-13(19)16-10-11-4-2-5-14-12(11)18-8-3-6-17-18/h2-6,8H,7,9-10H2,1H3,(H2,15,16,19). The maximum atomic E-state index is 11.6. The first-order valence-corrected chi connectivity index (χ1v) is 6.26. The number of hydrogen-bond donors (Lipinski definition) is 2. The van der Waals surface area contributed by atoms with Gasteiger partial charge in [-0.1, -0.05) is 6.07 Å². The van der Waals surface area contributed by atoms with Crippen molar-refractivity contribution in [1.82, 2.24) is 25.4 Å². The van der Waals surface area contributed by atoms with Gasteiger partial charge in [-0.15, -0.1) is 0 Å². The Kier molecular flexibility index (Phi) is 5.08. The van der Waals surface area contributed by atoms with E-state index in [0.29, 0.717) is 25.5 Å². The molecule has 2 rings (SSSR count). The second-order valence-electron chi connectivity index (χ2n) is 4.04. The molecule has 0 fully saturated rings. The third kappa shape index (κ3) is 3.79. The third-order valence-corrected chi connectivity index (χ3v) is 2.62. The molecule has 0 aliphatic heterocycles. The Bertz CT molecular complexity index is 541. The first kappa shape index (κ1) is 14.0. The number of nitrogens with zero attached hydrogens (tertiary/aromatic N) is 3. The number of carbonyl (C=O) groups excluding carboxylic acids is 1. The quantitative estimate of drug-likeness (QED) is 0.761. The van der Waals surface area contributed by atoms with Crippen molar-refractivity contribution in [3.8, 4) is 5.82 Å². The normalized spacial score (nSPS) is 10.2. The molecule has 2 N–H and O–H groups in total. The first-order valence-electron chi connectivity index (χ1n) is 6.26. The molecule has 0 bridgehead atoms. The molecule has 0 unspecified atom stereocenters. The molecule has 0 aromatic carbocycles. The Balaban J connectivity index is 1.95. The van der Waals surface area contributed by atoms with E-state index < -0.39 is 0 Å². The number of nitrogens with one attached hydrogen (secondary N) is 2. The maximum absolute atomic E-state index is 11.6. The van der Waals surface area contributed by atoms with E-state index in [9.17, 15) is 4.79 Å². The van der Waals surface area contributed by atoms with Gasteiger partial charge in [0.05, 0.1) is 6.61 Å². The lowest BCUT2D eigenvalue weighted by molar-refractivity contribution is 0.196. The molecule has 0 radical (unpaired) electrons. The van der Waals surface area contributed by atoms with Crippen LogP contribution in [0.4, 0.5) is 4.79 Å². The summed E-state index contributed by atoms with van der Waals surface area (Å²) in [6.07, 6.45) is 5.19. The molecule has 106 valence electrons. The topological polar surface area (TPSA) is 81.1 Å². The van der Waals surface area contributed by atoms with E-state index in [1.54, 1.807) is 24.2 Å². The van der Waals surface area contributed by atoms with Crippen LogP contribution in [-0.2, 0) is 11.3 Å². The molecule has 7 heteroatoms. The molecule has 0 aliphatic carbocycles. The maximum Gasteiger partial charge on any atom is 0.315 e. The van der Waals surface area contributed by atoms with Gasteiger partial charge in [0, 0.05) is 44.4 Å². The van der Waals surface area contributed by atoms with E-state index >= 15 is 0 Å². The molecule has 0 saturated carbocycles. The smallest absolute Gasteiger partial charge is 0.315 e. The Labute approximate surface area is 117 Å². The average Bonchev–Trinajstić information content (AvgIpc) is 3.00. The van der Waals surface area contributed by atoms with Crippen LogP contribution in [0.25, 0.3) is 5.82 Å². The van der Waals surface area contributed by atoms with Crippen molar-refractivity contribution < 1.29 is 9.53 Å². The van der Waals surface area contributed by atoms with Crippen molar-refractivity contribution in [2.75, 3.05) is 20.3 Å². The molecule has 2 heterocycles. The zero-order valence-electron chi connectivity index (χ0n) is 11.2. The molecular formula is C13H17N5O2. The lowest BCUT2D eigenvalue weighted by Gasteiger charge is -2.10. The Morgan fingerprint density at radius 2 is 2.25 bits per heavy atom. The summed E-state index contributed by atoms with van der Waals surface area (Å²) in [7, 11) is 1.59. The minimum Gasteiger partial charge on any atom is -0.383 e. The fourth-order valence-electron chi connectivity index (χ4n) is 1.67. The molecule has 2 amide bonds. The molecule has 2 aromatic heterocycles. The van der Waals surface area contributed by atoms with Crippen LogP contribution >= 0.6 is 0 Å². The zero-order valence-corrected chi connectivity index (χ0v) is 11.2. The second-order valence-corrected chi connectivity index (χ2v) is 4.04. The highest BCUT2D eigenvalue weighted by atomic mass is 16.5. The van der Waals surface area contributed by atoms with Crippen molar-refractivity contribution in [3.05, 3.63) is 42.4 Å². The molecule has 7 nitrogen and oxygen atoms in total. The predicted octanol–water partition coefficient (Wildman–Crippen LogP) is 0.713. The summed E-state index contributed by atoms with van der Waals surface area (Å²) in [4.78, 5) is 15.9. The van der Waals surface area contributed by atoms with E-state index in [-0.39, 0.29) is 6.03 Å². The minimum absolute atomic E-state index is 0.239. The molecule has 0 saturated heterocycles. The monoisotopic (exact) mass is 275 g/mol. The number of methoxy groups -OCH3 is 1. The molecular weight excluding hydrogens is 258 g/mol. The van der Waals surface area contributed by atoms with Crippen LogP contribution in [0.2, 0.25) is 0 Å². The molecule has 2 aromatic rings. The van der Waals surface area contributed by atoms with Gasteiger partial charge in [0.2, 0.25) is 0 Å². The largest absolute Gasteiger partial charge is 0.383 e. The van der Waals surface area contributed by atoms with Crippen molar-refractivity contribution >= 4 is 6.03 Å². The van der Waals surface area contributed by atoms with Gasteiger partial charge in [-0.25, -0.2) is 14.5 Å². The molecule has 0 atom stereocenters. The first-order chi connectivity index (χ1) is 9.81. The fraction of sp³-hybridized carbons (Fsp3) is 0.308. The Morgan fingerprint density at radius 1 is 1.35 bits per heavy atom. The van der Waals surface area contributed by atoms with E-state index in [2.05, 4.69) is 20.7 Å². The number of urea groups is 1. The van der Waals surface area contributed by atoms with Crippen molar-refractivity contribution in [2.45, 2.75) is 6.54 Å². The highest BCUT2D eigenvalue weighted by molar-refractivity contribution is 5.73. The van der Waals surface area contributed by atoms with E-state index in [4.69, 9.17) is 4.74 Å². The fourth-order valence-corrected chi connectivity index (χ4v) is 1.67. The third-order valence-electron chi connectivity index (χ3n) is 2.62. The van der Waals surface area contributed by atoms with Crippen LogP contribution in [0, 0.1) is 0 Å². The highest BCUT2D eigenvalue weighted by Crippen LogP contribution is 2.09. The van der Waals surface area contributed by atoms with Crippen molar-refractivity contribution in [3.63, 3.8) is 0 Å². The number of rotatable bonds is 6. The Hall–Kier alpha value is -2.41. The number of hydrogen-bond acceptors (Lipinski definition) is 4. The lowest BCUT2D eigenvalue weighted by Crippen LogP contribution is -2.37. The molecule has 0 aliphatic rings. The summed E-state index contributed by atoms with van der Waals surface area (Å²) in [6.45, 7) is 1.34. The summed E-state index contributed by atoms with van der Waals surface area (Å²) in [5, 5.41) is 9.61. The highest BCUT2D eigenvalue weighted by Gasteiger charge is 2.07. The van der Waals surface area contributed by atoms with Gasteiger partial charge in [0.1, 0.15) is 0 Å². The zero-order chi connectivity index (χ0) is 14.2. The van der Waals surface area contributed by atoms with Crippen LogP contribution < -0.4 is 10.6 Å². The van der Waals surface area contributed by atoms with Crippen LogP contribution in [0.3, 0.4) is 0 Å². The molecule has 0 spiro atoms. The van der Waals surface area contributed by atoms with Gasteiger partial charge in [-0.3, -0.25) is 0 Å². The Morgan fingerprint density at radius 3 is 3.00 bits per heavy atom. The SMILES string of the molecule is COCCNC(=O)NCc1cccnc1-n1cccn1. The van der Waals surface area contributed by atoms with Gasteiger partial charge in [-0.05, 0) is 12.1 Å². The molecule has 20 heavy (non-hydrogen) atoms. The van der Waals surface area contributed by atoms with E-state index in [0.717, 1.165) is 5.56 Å². The number of amides is 2. The van der Waals surface area contributed by atoms with Gasteiger partial charge < -0.3 is 15.4 Å². The van der Waals surface area contributed by atoms with Gasteiger partial charge in [0.25, 0.3) is 0 Å².